The average Bonchev–Trinajstić information content (AvgIpc) is 2.13. The molecule has 1 aliphatic rings. The Morgan fingerprint density at radius 2 is 2.23 bits per heavy atom. The maximum Gasteiger partial charge on any atom is 0.319 e. The Bertz CT molecular complexity index is 184. The van der Waals surface area contributed by atoms with Crippen molar-refractivity contribution in [3.63, 3.8) is 0 Å². The van der Waals surface area contributed by atoms with Crippen LogP contribution in [0, 0.1) is 5.92 Å². The Morgan fingerprint density at radius 1 is 1.54 bits per heavy atom. The van der Waals surface area contributed by atoms with Crippen LogP contribution in [0.4, 0.5) is 4.79 Å². The van der Waals surface area contributed by atoms with E-state index in [2.05, 4.69) is 0 Å². The van der Waals surface area contributed by atoms with E-state index in [-0.39, 0.29) is 18.6 Å². The lowest BCUT2D eigenvalue weighted by atomic mass is 10.1. The largest absolute Gasteiger partial charge is 0.396 e. The molecular weight excluding hydrogens is 168 g/mol. The van der Waals surface area contributed by atoms with Gasteiger partial charge in [0.1, 0.15) is 0 Å². The summed E-state index contributed by atoms with van der Waals surface area (Å²) in [5.74, 6) is 0.176. The minimum Gasteiger partial charge on any atom is -0.396 e. The minimum absolute atomic E-state index is 0.0894. The maximum absolute atomic E-state index is 11.5. The van der Waals surface area contributed by atoms with Crippen LogP contribution in [0.3, 0.4) is 0 Å². The molecule has 2 amide bonds. The summed E-state index contributed by atoms with van der Waals surface area (Å²) in [4.78, 5) is 15.1. The third-order valence-electron chi connectivity index (χ3n) is 2.36. The second-order valence-electron chi connectivity index (χ2n) is 3.79. The van der Waals surface area contributed by atoms with Crippen molar-refractivity contribution in [1.29, 1.82) is 0 Å². The van der Waals surface area contributed by atoms with Crippen LogP contribution < -0.4 is 0 Å². The van der Waals surface area contributed by atoms with Gasteiger partial charge in [-0.25, -0.2) is 4.79 Å². The molecule has 0 saturated carbocycles. The number of hydrogen-bond acceptors (Lipinski definition) is 2. The molecule has 0 aliphatic carbocycles. The van der Waals surface area contributed by atoms with E-state index in [1.54, 1.807) is 4.90 Å². The zero-order valence-electron chi connectivity index (χ0n) is 8.36. The van der Waals surface area contributed by atoms with Gasteiger partial charge < -0.3 is 14.9 Å². The SMILES string of the molecule is CC(CO)CN1CCCN(C)C1=O. The van der Waals surface area contributed by atoms with Crippen LogP contribution in [-0.4, -0.2) is 54.2 Å². The highest BCUT2D eigenvalue weighted by molar-refractivity contribution is 5.74. The molecule has 1 saturated heterocycles. The number of hydrogen-bond donors (Lipinski definition) is 1. The highest BCUT2D eigenvalue weighted by atomic mass is 16.3. The van der Waals surface area contributed by atoms with E-state index in [0.29, 0.717) is 6.54 Å². The average molecular weight is 186 g/mol. The quantitative estimate of drug-likeness (QED) is 0.692. The first-order valence-electron chi connectivity index (χ1n) is 4.76. The van der Waals surface area contributed by atoms with Gasteiger partial charge >= 0.3 is 6.03 Å². The molecule has 1 atom stereocenters. The van der Waals surface area contributed by atoms with Crippen molar-refractivity contribution in [1.82, 2.24) is 9.80 Å². The Labute approximate surface area is 79.1 Å². The molecule has 0 aromatic carbocycles. The molecule has 1 N–H and O–H groups in total. The molecule has 0 spiro atoms. The molecular formula is C9H18N2O2. The van der Waals surface area contributed by atoms with Gasteiger partial charge in [0.2, 0.25) is 0 Å². The number of nitrogens with zero attached hydrogens (tertiary/aromatic N) is 2. The van der Waals surface area contributed by atoms with Gasteiger partial charge in [0, 0.05) is 33.3 Å². The molecule has 1 rings (SSSR count). The fraction of sp³-hybridized carbons (Fsp3) is 0.889. The lowest BCUT2D eigenvalue weighted by molar-refractivity contribution is 0.122. The van der Waals surface area contributed by atoms with Crippen molar-refractivity contribution in [3.05, 3.63) is 0 Å². The molecule has 1 heterocycles. The van der Waals surface area contributed by atoms with Crippen LogP contribution in [0.1, 0.15) is 13.3 Å². The summed E-state index contributed by atoms with van der Waals surface area (Å²) in [6.45, 7) is 4.44. The molecule has 0 aromatic heterocycles. The van der Waals surface area contributed by atoms with E-state index in [4.69, 9.17) is 5.11 Å². The summed E-state index contributed by atoms with van der Waals surface area (Å²) in [5.41, 5.74) is 0. The van der Waals surface area contributed by atoms with Gasteiger partial charge in [-0.2, -0.15) is 0 Å². The third kappa shape index (κ3) is 2.59. The number of aliphatic hydroxyl groups excluding tert-OH is 1. The van der Waals surface area contributed by atoms with Gasteiger partial charge in [0.15, 0.2) is 0 Å². The molecule has 0 aromatic rings. The molecule has 13 heavy (non-hydrogen) atoms. The van der Waals surface area contributed by atoms with Crippen molar-refractivity contribution < 1.29 is 9.90 Å². The van der Waals surface area contributed by atoms with E-state index in [9.17, 15) is 4.79 Å². The summed E-state index contributed by atoms with van der Waals surface area (Å²) in [5, 5.41) is 8.87. The molecule has 0 bridgehead atoms. The predicted octanol–water partition coefficient (Wildman–Crippen LogP) is 0.372. The zero-order chi connectivity index (χ0) is 9.84. The second-order valence-corrected chi connectivity index (χ2v) is 3.79. The van der Waals surface area contributed by atoms with Crippen molar-refractivity contribution in [2.24, 2.45) is 5.92 Å². The summed E-state index contributed by atoms with van der Waals surface area (Å²) < 4.78 is 0. The molecule has 0 radical (unpaired) electrons. The second kappa shape index (κ2) is 4.46. The van der Waals surface area contributed by atoms with Crippen molar-refractivity contribution >= 4 is 6.03 Å². The molecule has 76 valence electrons. The Morgan fingerprint density at radius 3 is 2.85 bits per heavy atom. The first kappa shape index (κ1) is 10.3. The van der Waals surface area contributed by atoms with E-state index < -0.39 is 0 Å². The standard InChI is InChI=1S/C9H18N2O2/c1-8(7-12)6-11-5-3-4-10(2)9(11)13/h8,12H,3-7H2,1-2H3. The molecule has 1 fully saturated rings. The van der Waals surface area contributed by atoms with Gasteiger partial charge in [0.05, 0.1) is 0 Å². The van der Waals surface area contributed by atoms with Gasteiger partial charge in [-0.1, -0.05) is 6.92 Å². The summed E-state index contributed by atoms with van der Waals surface area (Å²) in [6, 6.07) is 0.0894. The smallest absolute Gasteiger partial charge is 0.319 e. The molecule has 4 nitrogen and oxygen atoms in total. The van der Waals surface area contributed by atoms with Gasteiger partial charge in [-0.05, 0) is 12.3 Å². The Hall–Kier alpha value is -0.770. The predicted molar refractivity (Wildman–Crippen MR) is 50.5 cm³/mol. The van der Waals surface area contributed by atoms with Gasteiger partial charge in [-0.3, -0.25) is 0 Å². The number of carbonyl (C=O) groups is 1. The molecule has 4 heteroatoms. The van der Waals surface area contributed by atoms with E-state index in [0.717, 1.165) is 19.5 Å². The summed E-state index contributed by atoms with van der Waals surface area (Å²) in [7, 11) is 1.82. The Kier molecular flexibility index (Phi) is 3.54. The first-order chi connectivity index (χ1) is 6.15. The van der Waals surface area contributed by atoms with E-state index in [1.165, 1.54) is 0 Å². The number of aliphatic hydroxyl groups is 1. The van der Waals surface area contributed by atoms with Crippen molar-refractivity contribution in [2.45, 2.75) is 13.3 Å². The fourth-order valence-corrected chi connectivity index (χ4v) is 1.53. The van der Waals surface area contributed by atoms with E-state index >= 15 is 0 Å². The van der Waals surface area contributed by atoms with Crippen LogP contribution in [-0.2, 0) is 0 Å². The topological polar surface area (TPSA) is 43.8 Å². The van der Waals surface area contributed by atoms with E-state index in [1.807, 2.05) is 18.9 Å². The fourth-order valence-electron chi connectivity index (χ4n) is 1.53. The van der Waals surface area contributed by atoms with Crippen molar-refractivity contribution in [2.75, 3.05) is 33.3 Å². The number of urea groups is 1. The first-order valence-corrected chi connectivity index (χ1v) is 4.76. The van der Waals surface area contributed by atoms with Gasteiger partial charge in [-0.15, -0.1) is 0 Å². The van der Waals surface area contributed by atoms with Crippen LogP contribution in [0.5, 0.6) is 0 Å². The van der Waals surface area contributed by atoms with Crippen LogP contribution in [0.2, 0.25) is 0 Å². The van der Waals surface area contributed by atoms with Gasteiger partial charge in [0.25, 0.3) is 0 Å². The van der Waals surface area contributed by atoms with Crippen LogP contribution in [0.15, 0.2) is 0 Å². The van der Waals surface area contributed by atoms with Crippen LogP contribution in [0.25, 0.3) is 0 Å². The Balaban J connectivity index is 2.44. The number of carbonyl (C=O) groups excluding carboxylic acids is 1. The zero-order valence-corrected chi connectivity index (χ0v) is 8.36. The third-order valence-corrected chi connectivity index (χ3v) is 2.36. The normalized spacial score (nSPS) is 20.7. The highest BCUT2D eigenvalue weighted by Crippen LogP contribution is 2.09. The molecule has 1 aliphatic heterocycles. The number of rotatable bonds is 3. The monoisotopic (exact) mass is 186 g/mol. The van der Waals surface area contributed by atoms with Crippen molar-refractivity contribution in [3.8, 4) is 0 Å². The summed E-state index contributed by atoms with van der Waals surface area (Å²) >= 11 is 0. The summed E-state index contributed by atoms with van der Waals surface area (Å²) in [6.07, 6.45) is 1.03. The number of amides is 2. The van der Waals surface area contributed by atoms with Crippen LogP contribution >= 0.6 is 0 Å². The maximum atomic E-state index is 11.5. The molecule has 1 unspecified atom stereocenters. The lowest BCUT2D eigenvalue weighted by Gasteiger charge is -2.34. The highest BCUT2D eigenvalue weighted by Gasteiger charge is 2.23. The minimum atomic E-state index is 0.0894. The lowest BCUT2D eigenvalue weighted by Crippen LogP contribution is -2.48.